The first-order chi connectivity index (χ1) is 6.81. The molecule has 0 spiro atoms. The van der Waals surface area contributed by atoms with Gasteiger partial charge in [-0.05, 0) is 13.8 Å². The third kappa shape index (κ3) is 4.60. The molecular formula is C8H17BrO5Si. The van der Waals surface area contributed by atoms with Gasteiger partial charge >= 0.3 is 14.8 Å². The molecule has 0 fully saturated rings. The van der Waals surface area contributed by atoms with E-state index < -0.39 is 13.1 Å². The zero-order chi connectivity index (χ0) is 12.1. The quantitative estimate of drug-likeness (QED) is 0.418. The van der Waals surface area contributed by atoms with Crippen molar-refractivity contribution in [3.63, 3.8) is 0 Å². The Kier molecular flexibility index (Phi) is 5.97. The molecule has 0 unspecified atom stereocenters. The number of carbonyl (C=O) groups excluding carboxylic acids is 1. The standard InChI is InChI=1S/C8H17BrO5Si/c1-8(2,9)7(10)14-6-15(11-3,12-4)13-5/h6H2,1-5H3. The molecule has 0 aromatic carbocycles. The summed E-state index contributed by atoms with van der Waals surface area (Å²) in [5, 5.41) is 0. The summed E-state index contributed by atoms with van der Waals surface area (Å²) >= 11 is 3.20. The van der Waals surface area contributed by atoms with E-state index in [2.05, 4.69) is 15.9 Å². The second-order valence-electron chi connectivity index (χ2n) is 3.34. The van der Waals surface area contributed by atoms with E-state index in [0.717, 1.165) is 0 Å². The molecule has 0 amide bonds. The van der Waals surface area contributed by atoms with Crippen LogP contribution in [0, 0.1) is 0 Å². The number of hydrogen-bond donors (Lipinski definition) is 0. The zero-order valence-corrected chi connectivity index (χ0v) is 12.2. The summed E-state index contributed by atoms with van der Waals surface area (Å²) in [6.07, 6.45) is 0.00433. The van der Waals surface area contributed by atoms with Crippen molar-refractivity contribution < 1.29 is 22.8 Å². The molecule has 0 radical (unpaired) electrons. The Labute approximate surface area is 99.5 Å². The fraction of sp³-hybridized carbons (Fsp3) is 0.875. The molecule has 0 N–H and O–H groups in total. The van der Waals surface area contributed by atoms with Crippen LogP contribution in [0.1, 0.15) is 13.8 Å². The number of halogens is 1. The highest BCUT2D eigenvalue weighted by Gasteiger charge is 2.41. The average molecular weight is 301 g/mol. The van der Waals surface area contributed by atoms with Crippen LogP contribution in [0.4, 0.5) is 0 Å². The van der Waals surface area contributed by atoms with Gasteiger partial charge in [-0.15, -0.1) is 0 Å². The van der Waals surface area contributed by atoms with Gasteiger partial charge in [0.1, 0.15) is 4.32 Å². The second-order valence-corrected chi connectivity index (χ2v) is 8.21. The lowest BCUT2D eigenvalue weighted by molar-refractivity contribution is -0.145. The summed E-state index contributed by atoms with van der Waals surface area (Å²) in [7, 11) is 1.57. The largest absolute Gasteiger partial charge is 0.539 e. The Bertz CT molecular complexity index is 203. The maximum Gasteiger partial charge on any atom is 0.539 e. The topological polar surface area (TPSA) is 54.0 Å². The first-order valence-electron chi connectivity index (χ1n) is 4.33. The fourth-order valence-corrected chi connectivity index (χ4v) is 2.03. The van der Waals surface area contributed by atoms with Gasteiger partial charge in [-0.25, -0.2) is 0 Å². The van der Waals surface area contributed by atoms with Gasteiger partial charge in [-0.3, -0.25) is 4.79 Å². The molecule has 0 aliphatic carbocycles. The average Bonchev–Trinajstić information content (AvgIpc) is 2.19. The summed E-state index contributed by atoms with van der Waals surface area (Å²) in [5.74, 6) is -0.384. The van der Waals surface area contributed by atoms with Crippen molar-refractivity contribution in [3.05, 3.63) is 0 Å². The van der Waals surface area contributed by atoms with Gasteiger partial charge in [0.25, 0.3) is 0 Å². The summed E-state index contributed by atoms with van der Waals surface area (Å²) in [6.45, 7) is 3.40. The lowest BCUT2D eigenvalue weighted by Gasteiger charge is -2.25. The molecule has 0 saturated carbocycles. The van der Waals surface area contributed by atoms with E-state index >= 15 is 0 Å². The summed E-state index contributed by atoms with van der Waals surface area (Å²) < 4.78 is 19.6. The van der Waals surface area contributed by atoms with E-state index in [0.29, 0.717) is 0 Å². The zero-order valence-electron chi connectivity index (χ0n) is 9.63. The SMILES string of the molecule is CO[Si](COC(=O)C(C)(C)Br)(OC)OC. The lowest BCUT2D eigenvalue weighted by atomic mass is 10.2. The van der Waals surface area contributed by atoms with Crippen LogP contribution in [0.3, 0.4) is 0 Å². The van der Waals surface area contributed by atoms with Crippen molar-refractivity contribution in [1.29, 1.82) is 0 Å². The molecular weight excluding hydrogens is 284 g/mol. The molecule has 7 heteroatoms. The van der Waals surface area contributed by atoms with Crippen molar-refractivity contribution >= 4 is 30.7 Å². The van der Waals surface area contributed by atoms with Crippen LogP contribution in [-0.2, 0) is 22.8 Å². The van der Waals surface area contributed by atoms with Gasteiger partial charge in [-0.1, -0.05) is 15.9 Å². The Morgan fingerprint density at radius 3 is 1.87 bits per heavy atom. The van der Waals surface area contributed by atoms with E-state index in [4.69, 9.17) is 18.0 Å². The molecule has 90 valence electrons. The van der Waals surface area contributed by atoms with Crippen LogP contribution in [0.15, 0.2) is 0 Å². The molecule has 0 saturated heterocycles. The summed E-state index contributed by atoms with van der Waals surface area (Å²) in [4.78, 5) is 11.4. The number of hydrogen-bond acceptors (Lipinski definition) is 5. The van der Waals surface area contributed by atoms with Gasteiger partial charge in [0.05, 0.1) is 0 Å². The minimum absolute atomic E-state index is 0.00433. The van der Waals surface area contributed by atoms with Gasteiger partial charge in [0.2, 0.25) is 0 Å². The fourth-order valence-electron chi connectivity index (χ4n) is 0.752. The molecule has 0 heterocycles. The van der Waals surface area contributed by atoms with Gasteiger partial charge < -0.3 is 18.0 Å². The molecule has 5 nitrogen and oxygen atoms in total. The Morgan fingerprint density at radius 2 is 1.60 bits per heavy atom. The number of esters is 1. The van der Waals surface area contributed by atoms with E-state index in [1.807, 2.05) is 0 Å². The number of rotatable bonds is 6. The smallest absolute Gasteiger partial charge is 0.460 e. The molecule has 0 bridgehead atoms. The van der Waals surface area contributed by atoms with Crippen molar-refractivity contribution in [2.75, 3.05) is 27.6 Å². The van der Waals surface area contributed by atoms with Crippen molar-refractivity contribution in [2.24, 2.45) is 0 Å². The summed E-state index contributed by atoms with van der Waals surface area (Å²) in [6, 6.07) is 0. The predicted molar refractivity (Wildman–Crippen MR) is 60.7 cm³/mol. The molecule has 0 aromatic rings. The van der Waals surface area contributed by atoms with E-state index in [1.54, 1.807) is 13.8 Å². The second kappa shape index (κ2) is 5.95. The highest BCUT2D eigenvalue weighted by Crippen LogP contribution is 2.18. The molecule has 0 atom stereocenters. The third-order valence-electron chi connectivity index (χ3n) is 1.80. The highest BCUT2D eigenvalue weighted by atomic mass is 79.9. The lowest BCUT2D eigenvalue weighted by Crippen LogP contribution is -2.49. The number of carbonyl (C=O) groups is 1. The van der Waals surface area contributed by atoms with Gasteiger partial charge in [-0.2, -0.15) is 0 Å². The van der Waals surface area contributed by atoms with Crippen LogP contribution in [0.25, 0.3) is 0 Å². The predicted octanol–water partition coefficient (Wildman–Crippen LogP) is 1.12. The van der Waals surface area contributed by atoms with Crippen LogP contribution in [-0.4, -0.2) is 46.7 Å². The third-order valence-corrected chi connectivity index (χ3v) is 4.49. The minimum Gasteiger partial charge on any atom is -0.460 e. The van der Waals surface area contributed by atoms with Gasteiger partial charge in [0, 0.05) is 21.3 Å². The first-order valence-corrected chi connectivity index (χ1v) is 7.05. The van der Waals surface area contributed by atoms with Crippen molar-refractivity contribution in [1.82, 2.24) is 0 Å². The molecule has 15 heavy (non-hydrogen) atoms. The van der Waals surface area contributed by atoms with Crippen LogP contribution in [0.5, 0.6) is 0 Å². The maximum atomic E-state index is 11.4. The Balaban J connectivity index is 4.29. The van der Waals surface area contributed by atoms with E-state index in [-0.39, 0.29) is 12.2 Å². The van der Waals surface area contributed by atoms with Crippen LogP contribution >= 0.6 is 15.9 Å². The van der Waals surface area contributed by atoms with Crippen molar-refractivity contribution in [2.45, 2.75) is 18.2 Å². The van der Waals surface area contributed by atoms with Crippen molar-refractivity contribution in [3.8, 4) is 0 Å². The van der Waals surface area contributed by atoms with E-state index in [1.165, 1.54) is 21.3 Å². The minimum atomic E-state index is -2.82. The van der Waals surface area contributed by atoms with Crippen LogP contribution in [0.2, 0.25) is 0 Å². The molecule has 0 rings (SSSR count). The van der Waals surface area contributed by atoms with Crippen LogP contribution < -0.4 is 0 Å². The number of alkyl halides is 1. The molecule has 0 aliphatic rings. The normalized spacial score (nSPS) is 12.7. The highest BCUT2D eigenvalue weighted by molar-refractivity contribution is 9.10. The summed E-state index contributed by atoms with van der Waals surface area (Å²) in [5.41, 5.74) is 0. The number of ether oxygens (including phenoxy) is 1. The van der Waals surface area contributed by atoms with Gasteiger partial charge in [0.15, 0.2) is 6.23 Å². The molecule has 0 aromatic heterocycles. The monoisotopic (exact) mass is 300 g/mol. The maximum absolute atomic E-state index is 11.4. The molecule has 0 aliphatic heterocycles. The van der Waals surface area contributed by atoms with E-state index in [9.17, 15) is 4.79 Å². The first kappa shape index (κ1) is 15.0. The Morgan fingerprint density at radius 1 is 1.20 bits per heavy atom. The Hall–Kier alpha value is 0.0469.